The molecule has 18 heavy (non-hydrogen) atoms. The molecule has 2 aromatic rings. The maximum Gasteiger partial charge on any atom is 0.143 e. The number of hydrogen-bond acceptors (Lipinski definition) is 4. The second-order valence-corrected chi connectivity index (χ2v) is 4.21. The lowest BCUT2D eigenvalue weighted by atomic mass is 10.2. The Bertz CT molecular complexity index is 514. The average Bonchev–Trinajstić information content (AvgIpc) is 2.84. The third-order valence-electron chi connectivity index (χ3n) is 2.44. The number of nitrogens with one attached hydrogen (secondary N) is 1. The van der Waals surface area contributed by atoms with Gasteiger partial charge in [-0.3, -0.25) is 4.68 Å². The monoisotopic (exact) mass is 269 g/mol. The zero-order valence-electron chi connectivity index (χ0n) is 9.61. The van der Waals surface area contributed by atoms with E-state index in [1.54, 1.807) is 17.1 Å². The lowest BCUT2D eigenvalue weighted by Crippen LogP contribution is -2.08. The molecule has 7 heteroatoms. The fraction of sp³-hybridized carbons (Fsp3) is 0.273. The Morgan fingerprint density at radius 3 is 3.00 bits per heavy atom. The Balaban J connectivity index is 1.85. The Labute approximate surface area is 109 Å². The summed E-state index contributed by atoms with van der Waals surface area (Å²) in [5.41, 5.74) is 6.66. The molecule has 0 aliphatic rings. The van der Waals surface area contributed by atoms with E-state index in [0.29, 0.717) is 17.9 Å². The summed E-state index contributed by atoms with van der Waals surface area (Å²) >= 11 is 5.69. The van der Waals surface area contributed by atoms with E-state index < -0.39 is 5.82 Å². The maximum absolute atomic E-state index is 13.1. The van der Waals surface area contributed by atoms with Crippen LogP contribution in [0, 0.1) is 5.82 Å². The molecule has 0 atom stereocenters. The van der Waals surface area contributed by atoms with Gasteiger partial charge in [0, 0.05) is 25.4 Å². The smallest absolute Gasteiger partial charge is 0.143 e. The fourth-order valence-corrected chi connectivity index (χ4v) is 1.70. The lowest BCUT2D eigenvalue weighted by Gasteiger charge is -2.10. The second kappa shape index (κ2) is 5.68. The Morgan fingerprint density at radius 2 is 2.28 bits per heavy atom. The van der Waals surface area contributed by atoms with Crippen LogP contribution in [0.3, 0.4) is 0 Å². The molecule has 0 aliphatic carbocycles. The van der Waals surface area contributed by atoms with Crippen LogP contribution < -0.4 is 11.1 Å². The summed E-state index contributed by atoms with van der Waals surface area (Å²) in [4.78, 5) is 0. The lowest BCUT2D eigenvalue weighted by molar-refractivity contribution is 0.570. The van der Waals surface area contributed by atoms with Gasteiger partial charge >= 0.3 is 0 Å². The van der Waals surface area contributed by atoms with Gasteiger partial charge in [0.05, 0.1) is 22.6 Å². The molecule has 1 heterocycles. The minimum absolute atomic E-state index is 0.0583. The number of nitrogen functional groups attached to an aromatic ring is 1. The van der Waals surface area contributed by atoms with Gasteiger partial charge in [0.2, 0.25) is 0 Å². The fourth-order valence-electron chi connectivity index (χ4n) is 1.53. The van der Waals surface area contributed by atoms with Gasteiger partial charge in [0.1, 0.15) is 5.82 Å². The van der Waals surface area contributed by atoms with Crippen molar-refractivity contribution in [2.45, 2.75) is 13.0 Å². The van der Waals surface area contributed by atoms with Crippen LogP contribution in [-0.4, -0.2) is 21.5 Å². The molecule has 0 radical (unpaired) electrons. The van der Waals surface area contributed by atoms with Crippen LogP contribution >= 0.6 is 11.6 Å². The number of aromatic nitrogens is 3. The molecular weight excluding hydrogens is 257 g/mol. The van der Waals surface area contributed by atoms with E-state index in [0.717, 1.165) is 13.0 Å². The first-order valence-corrected chi connectivity index (χ1v) is 5.87. The van der Waals surface area contributed by atoms with Crippen LogP contribution in [0.5, 0.6) is 0 Å². The number of nitrogens with zero attached hydrogens (tertiary/aromatic N) is 3. The van der Waals surface area contributed by atoms with Gasteiger partial charge in [-0.05, 0) is 12.5 Å². The predicted octanol–water partition coefficient (Wildman–Crippen LogP) is 2.16. The van der Waals surface area contributed by atoms with Gasteiger partial charge in [-0.15, -0.1) is 5.10 Å². The van der Waals surface area contributed by atoms with Crippen molar-refractivity contribution in [2.75, 3.05) is 17.6 Å². The highest BCUT2D eigenvalue weighted by Crippen LogP contribution is 2.26. The van der Waals surface area contributed by atoms with Gasteiger partial charge in [-0.25, -0.2) is 4.39 Å². The molecule has 0 saturated heterocycles. The molecule has 2 rings (SSSR count). The summed E-state index contributed by atoms with van der Waals surface area (Å²) in [6, 6.07) is 2.70. The number of halogens is 2. The van der Waals surface area contributed by atoms with Crippen LogP contribution in [0.1, 0.15) is 6.42 Å². The topological polar surface area (TPSA) is 68.8 Å². The molecule has 1 aromatic carbocycles. The third kappa shape index (κ3) is 3.10. The summed E-state index contributed by atoms with van der Waals surface area (Å²) < 4.78 is 14.8. The number of benzene rings is 1. The number of anilines is 2. The number of hydrogen-bond donors (Lipinski definition) is 2. The molecule has 0 amide bonds. The SMILES string of the molecule is Nc1cc(F)c(Cl)cc1NCCCn1ccnn1. The van der Waals surface area contributed by atoms with Crippen LogP contribution in [0.2, 0.25) is 5.02 Å². The van der Waals surface area contributed by atoms with Crippen molar-refractivity contribution in [1.29, 1.82) is 0 Å². The number of nitrogens with two attached hydrogens (primary N) is 1. The highest BCUT2D eigenvalue weighted by atomic mass is 35.5. The summed E-state index contributed by atoms with van der Waals surface area (Å²) in [6.45, 7) is 1.44. The zero-order chi connectivity index (χ0) is 13.0. The minimum Gasteiger partial charge on any atom is -0.397 e. The average molecular weight is 270 g/mol. The van der Waals surface area contributed by atoms with Gasteiger partial charge in [-0.2, -0.15) is 0 Å². The first kappa shape index (κ1) is 12.6. The highest BCUT2D eigenvalue weighted by Gasteiger charge is 2.05. The van der Waals surface area contributed by atoms with Gasteiger partial charge in [0.25, 0.3) is 0 Å². The van der Waals surface area contributed by atoms with E-state index in [1.165, 1.54) is 12.1 Å². The second-order valence-electron chi connectivity index (χ2n) is 3.80. The maximum atomic E-state index is 13.1. The third-order valence-corrected chi connectivity index (χ3v) is 2.73. The van der Waals surface area contributed by atoms with Crippen molar-refractivity contribution < 1.29 is 4.39 Å². The molecule has 0 unspecified atom stereocenters. The van der Waals surface area contributed by atoms with Crippen molar-refractivity contribution in [3.8, 4) is 0 Å². The van der Waals surface area contributed by atoms with Crippen LogP contribution in [0.4, 0.5) is 15.8 Å². The van der Waals surface area contributed by atoms with Gasteiger partial charge in [-0.1, -0.05) is 16.8 Å². The molecule has 96 valence electrons. The van der Waals surface area contributed by atoms with Crippen molar-refractivity contribution >= 4 is 23.0 Å². The molecule has 0 bridgehead atoms. The normalized spacial score (nSPS) is 10.6. The van der Waals surface area contributed by atoms with E-state index in [4.69, 9.17) is 17.3 Å². The van der Waals surface area contributed by atoms with Crippen molar-refractivity contribution in [3.63, 3.8) is 0 Å². The van der Waals surface area contributed by atoms with Crippen molar-refractivity contribution in [3.05, 3.63) is 35.4 Å². The Morgan fingerprint density at radius 1 is 1.44 bits per heavy atom. The van der Waals surface area contributed by atoms with Crippen LogP contribution in [-0.2, 0) is 6.54 Å². The Kier molecular flexibility index (Phi) is 3.99. The van der Waals surface area contributed by atoms with Crippen LogP contribution in [0.25, 0.3) is 0 Å². The predicted molar refractivity (Wildman–Crippen MR) is 69.0 cm³/mol. The standard InChI is InChI=1S/C11H13ClFN5/c12-8-6-11(10(14)7-9(8)13)15-2-1-4-18-5-3-16-17-18/h3,5-7,15H,1-2,4,14H2. The molecule has 0 aliphatic heterocycles. The zero-order valence-corrected chi connectivity index (χ0v) is 10.4. The summed E-state index contributed by atoms with van der Waals surface area (Å²) in [5.74, 6) is -0.512. The minimum atomic E-state index is -0.512. The number of aryl methyl sites for hydroxylation is 1. The van der Waals surface area contributed by atoms with E-state index in [1.807, 2.05) is 0 Å². The highest BCUT2D eigenvalue weighted by molar-refractivity contribution is 6.31. The molecule has 1 aromatic heterocycles. The summed E-state index contributed by atoms with van der Waals surface area (Å²) in [6.07, 6.45) is 4.27. The molecule has 5 nitrogen and oxygen atoms in total. The summed E-state index contributed by atoms with van der Waals surface area (Å²) in [7, 11) is 0. The van der Waals surface area contributed by atoms with E-state index >= 15 is 0 Å². The molecule has 3 N–H and O–H groups in total. The van der Waals surface area contributed by atoms with E-state index in [2.05, 4.69) is 15.6 Å². The molecule has 0 saturated carbocycles. The Hall–Kier alpha value is -1.82. The molecular formula is C11H13ClFN5. The van der Waals surface area contributed by atoms with Crippen molar-refractivity contribution in [1.82, 2.24) is 15.0 Å². The largest absolute Gasteiger partial charge is 0.397 e. The quantitative estimate of drug-likeness (QED) is 0.645. The van der Waals surface area contributed by atoms with Gasteiger partial charge < -0.3 is 11.1 Å². The van der Waals surface area contributed by atoms with E-state index in [9.17, 15) is 4.39 Å². The van der Waals surface area contributed by atoms with Crippen molar-refractivity contribution in [2.24, 2.45) is 0 Å². The first-order valence-electron chi connectivity index (χ1n) is 5.49. The first-order chi connectivity index (χ1) is 8.66. The summed E-state index contributed by atoms with van der Waals surface area (Å²) in [5, 5.41) is 10.7. The molecule has 0 fully saturated rings. The molecule has 0 spiro atoms. The van der Waals surface area contributed by atoms with E-state index in [-0.39, 0.29) is 5.02 Å². The van der Waals surface area contributed by atoms with Crippen LogP contribution in [0.15, 0.2) is 24.5 Å². The van der Waals surface area contributed by atoms with Gasteiger partial charge in [0.15, 0.2) is 0 Å². The number of rotatable bonds is 5.